The number of pyridine rings is 1. The zero-order valence-corrected chi connectivity index (χ0v) is 13.6. The van der Waals surface area contributed by atoms with Gasteiger partial charge >= 0.3 is 0 Å². The summed E-state index contributed by atoms with van der Waals surface area (Å²) in [5.74, 6) is 2.94. The monoisotopic (exact) mass is 323 g/mol. The van der Waals surface area contributed by atoms with E-state index in [9.17, 15) is 0 Å². The first kappa shape index (κ1) is 13.4. The van der Waals surface area contributed by atoms with E-state index in [2.05, 4.69) is 4.98 Å². The number of thiophene rings is 1. The average Bonchev–Trinajstić information content (AvgIpc) is 3.36. The minimum Gasteiger partial charge on any atom is -0.437 e. The lowest BCUT2D eigenvalue weighted by Gasteiger charge is -2.12. The normalized spacial score (nSPS) is 17.2. The van der Waals surface area contributed by atoms with Gasteiger partial charge in [-0.3, -0.25) is 4.98 Å². The fourth-order valence-corrected chi connectivity index (χ4v) is 4.52. The van der Waals surface area contributed by atoms with E-state index >= 15 is 0 Å². The second kappa shape index (κ2) is 5.27. The number of ether oxygens (including phenoxy) is 1. The van der Waals surface area contributed by atoms with Crippen LogP contribution in [0.1, 0.15) is 47.9 Å². The van der Waals surface area contributed by atoms with Gasteiger partial charge in [0.15, 0.2) is 0 Å². The first-order valence-electron chi connectivity index (χ1n) is 8.28. The number of hydrogen-bond donors (Lipinski definition) is 0. The number of rotatable bonds is 3. The van der Waals surface area contributed by atoms with E-state index in [1.165, 1.54) is 42.5 Å². The molecule has 0 unspecified atom stereocenters. The maximum Gasteiger partial charge on any atom is 0.231 e. The van der Waals surface area contributed by atoms with E-state index < -0.39 is 0 Å². The summed E-state index contributed by atoms with van der Waals surface area (Å²) < 4.78 is 6.13. The molecule has 0 spiro atoms. The fourth-order valence-electron chi connectivity index (χ4n) is 3.26. The van der Waals surface area contributed by atoms with E-state index in [4.69, 9.17) is 14.7 Å². The fraction of sp³-hybridized carbons (Fsp3) is 0.389. The van der Waals surface area contributed by atoms with E-state index in [1.54, 1.807) is 12.4 Å². The van der Waals surface area contributed by atoms with Gasteiger partial charge in [-0.25, -0.2) is 4.98 Å². The van der Waals surface area contributed by atoms with Crippen LogP contribution in [-0.4, -0.2) is 15.0 Å². The third kappa shape index (κ3) is 2.39. The Bertz CT molecular complexity index is 871. The van der Waals surface area contributed by atoms with Crippen LogP contribution in [0.5, 0.6) is 11.6 Å². The smallest absolute Gasteiger partial charge is 0.231 e. The van der Waals surface area contributed by atoms with Crippen molar-refractivity contribution in [2.75, 3.05) is 0 Å². The molecule has 2 aliphatic rings. The van der Waals surface area contributed by atoms with Gasteiger partial charge in [-0.15, -0.1) is 11.3 Å². The Kier molecular flexibility index (Phi) is 3.08. The zero-order valence-electron chi connectivity index (χ0n) is 12.8. The molecule has 0 radical (unpaired) electrons. The van der Waals surface area contributed by atoms with E-state index in [0.717, 1.165) is 34.1 Å². The molecule has 3 heterocycles. The lowest BCUT2D eigenvalue weighted by atomic mass is 9.97. The Morgan fingerprint density at radius 3 is 2.87 bits per heavy atom. The quantitative estimate of drug-likeness (QED) is 0.705. The minimum absolute atomic E-state index is 0.523. The van der Waals surface area contributed by atoms with Gasteiger partial charge in [-0.2, -0.15) is 4.98 Å². The summed E-state index contributed by atoms with van der Waals surface area (Å²) in [6, 6.07) is 3.81. The van der Waals surface area contributed by atoms with Gasteiger partial charge in [-0.1, -0.05) is 0 Å². The first-order chi connectivity index (χ1) is 11.4. The molecule has 0 aliphatic heterocycles. The highest BCUT2D eigenvalue weighted by atomic mass is 32.1. The molecule has 23 heavy (non-hydrogen) atoms. The van der Waals surface area contributed by atoms with Crippen molar-refractivity contribution in [1.29, 1.82) is 0 Å². The van der Waals surface area contributed by atoms with Gasteiger partial charge in [0.05, 0.1) is 11.6 Å². The number of hydrogen-bond acceptors (Lipinski definition) is 5. The highest BCUT2D eigenvalue weighted by molar-refractivity contribution is 7.18. The summed E-state index contributed by atoms with van der Waals surface area (Å²) in [7, 11) is 0. The standard InChI is InChI=1S/C18H17N3OS/c1-2-6-14-13(5-1)15-17(22-12-4-3-9-19-10-12)20-16(11-7-8-11)21-18(15)23-14/h3-4,9-11H,1-2,5-8H2. The third-order valence-electron chi connectivity index (χ3n) is 4.59. The van der Waals surface area contributed by atoms with Crippen LogP contribution in [0.3, 0.4) is 0 Å². The zero-order chi connectivity index (χ0) is 15.2. The Morgan fingerprint density at radius 1 is 1.13 bits per heavy atom. The summed E-state index contributed by atoms with van der Waals surface area (Å²) in [6.07, 6.45) is 10.7. The van der Waals surface area contributed by atoms with Crippen LogP contribution in [0.4, 0.5) is 0 Å². The van der Waals surface area contributed by atoms with E-state index in [1.807, 2.05) is 23.5 Å². The van der Waals surface area contributed by atoms with Crippen molar-refractivity contribution < 1.29 is 4.74 Å². The van der Waals surface area contributed by atoms with Gasteiger partial charge in [0.2, 0.25) is 5.88 Å². The molecule has 2 aliphatic carbocycles. The number of aromatic nitrogens is 3. The Hall–Kier alpha value is -2.01. The molecule has 116 valence electrons. The molecule has 0 saturated heterocycles. The van der Waals surface area contributed by atoms with Crippen LogP contribution in [0.25, 0.3) is 10.2 Å². The molecular formula is C18H17N3OS. The summed E-state index contributed by atoms with van der Waals surface area (Å²) in [5.41, 5.74) is 1.41. The number of fused-ring (bicyclic) bond motifs is 3. The lowest BCUT2D eigenvalue weighted by molar-refractivity contribution is 0.463. The predicted octanol–water partition coefficient (Wildman–Crippen LogP) is 4.63. The van der Waals surface area contributed by atoms with Crippen LogP contribution < -0.4 is 4.74 Å². The van der Waals surface area contributed by atoms with Crippen molar-refractivity contribution in [2.45, 2.75) is 44.4 Å². The third-order valence-corrected chi connectivity index (χ3v) is 5.78. The molecule has 5 rings (SSSR count). The van der Waals surface area contributed by atoms with Crippen molar-refractivity contribution >= 4 is 21.6 Å². The summed E-state index contributed by atoms with van der Waals surface area (Å²) in [5, 5.41) is 1.14. The Balaban J connectivity index is 1.69. The highest BCUT2D eigenvalue weighted by Crippen LogP contribution is 2.44. The first-order valence-corrected chi connectivity index (χ1v) is 9.10. The highest BCUT2D eigenvalue weighted by Gasteiger charge is 2.30. The van der Waals surface area contributed by atoms with E-state index in [0.29, 0.717) is 5.92 Å². The van der Waals surface area contributed by atoms with Crippen molar-refractivity contribution in [3.63, 3.8) is 0 Å². The van der Waals surface area contributed by atoms with Crippen LogP contribution >= 0.6 is 11.3 Å². The number of nitrogens with zero attached hydrogens (tertiary/aromatic N) is 3. The van der Waals surface area contributed by atoms with Crippen LogP contribution in [-0.2, 0) is 12.8 Å². The molecule has 3 aromatic heterocycles. The molecule has 0 N–H and O–H groups in total. The molecule has 1 saturated carbocycles. The maximum absolute atomic E-state index is 6.13. The van der Waals surface area contributed by atoms with Gasteiger partial charge < -0.3 is 4.74 Å². The molecule has 0 bridgehead atoms. The molecule has 3 aromatic rings. The molecule has 0 amide bonds. The van der Waals surface area contributed by atoms with Crippen molar-refractivity contribution in [2.24, 2.45) is 0 Å². The SMILES string of the molecule is c1cncc(Oc2nc(C3CC3)nc3sc4c(c23)CCCC4)c1. The predicted molar refractivity (Wildman–Crippen MR) is 90.3 cm³/mol. The van der Waals surface area contributed by atoms with Crippen molar-refractivity contribution in [3.8, 4) is 11.6 Å². The summed E-state index contributed by atoms with van der Waals surface area (Å²) >= 11 is 1.84. The molecule has 4 nitrogen and oxygen atoms in total. The van der Waals surface area contributed by atoms with Gasteiger partial charge in [0.25, 0.3) is 0 Å². The van der Waals surface area contributed by atoms with Crippen LogP contribution in [0.15, 0.2) is 24.5 Å². The molecule has 1 fully saturated rings. The number of aryl methyl sites for hydroxylation is 2. The minimum atomic E-state index is 0.523. The Morgan fingerprint density at radius 2 is 2.04 bits per heavy atom. The summed E-state index contributed by atoms with van der Waals surface area (Å²) in [6.45, 7) is 0. The second-order valence-corrected chi connectivity index (χ2v) is 7.43. The molecular weight excluding hydrogens is 306 g/mol. The maximum atomic E-state index is 6.13. The lowest BCUT2D eigenvalue weighted by Crippen LogP contribution is -2.01. The molecule has 5 heteroatoms. The Labute approximate surface area is 138 Å². The summed E-state index contributed by atoms with van der Waals surface area (Å²) in [4.78, 5) is 16.4. The molecule has 0 atom stereocenters. The van der Waals surface area contributed by atoms with Gasteiger partial charge in [-0.05, 0) is 56.2 Å². The second-order valence-electron chi connectivity index (χ2n) is 6.34. The van der Waals surface area contributed by atoms with Crippen LogP contribution in [0.2, 0.25) is 0 Å². The van der Waals surface area contributed by atoms with Crippen LogP contribution in [0, 0.1) is 0 Å². The van der Waals surface area contributed by atoms with Gasteiger partial charge in [0.1, 0.15) is 16.4 Å². The van der Waals surface area contributed by atoms with Crippen molar-refractivity contribution in [1.82, 2.24) is 15.0 Å². The van der Waals surface area contributed by atoms with Crippen molar-refractivity contribution in [3.05, 3.63) is 40.8 Å². The average molecular weight is 323 g/mol. The largest absolute Gasteiger partial charge is 0.437 e. The topological polar surface area (TPSA) is 47.9 Å². The van der Waals surface area contributed by atoms with E-state index in [-0.39, 0.29) is 0 Å². The van der Waals surface area contributed by atoms with Gasteiger partial charge in [0, 0.05) is 17.0 Å². The molecule has 0 aromatic carbocycles.